The number of ether oxygens (including phenoxy) is 2. The molecular weight excluding hydrogens is 429 g/mol. The fraction of sp³-hybridized carbons (Fsp3) is 0.316. The van der Waals surface area contributed by atoms with Crippen molar-refractivity contribution in [2.24, 2.45) is 4.99 Å². The van der Waals surface area contributed by atoms with Gasteiger partial charge in [-0.15, -0.1) is 24.0 Å². The predicted octanol–water partition coefficient (Wildman–Crippen LogP) is 3.80. The molecule has 2 rings (SSSR count). The molecule has 0 heterocycles. The van der Waals surface area contributed by atoms with Gasteiger partial charge in [-0.25, -0.2) is 0 Å². The molecule has 2 aromatic carbocycles. The second-order valence-electron chi connectivity index (χ2n) is 5.07. The third kappa shape index (κ3) is 7.74. The van der Waals surface area contributed by atoms with E-state index in [1.54, 1.807) is 7.05 Å². The van der Waals surface area contributed by atoms with Crippen LogP contribution in [-0.2, 0) is 11.3 Å². The Morgan fingerprint density at radius 3 is 2.44 bits per heavy atom. The number of nitrogens with one attached hydrogen (secondary N) is 2. The average molecular weight is 455 g/mol. The van der Waals surface area contributed by atoms with Gasteiger partial charge in [0.2, 0.25) is 0 Å². The van der Waals surface area contributed by atoms with E-state index in [0.717, 1.165) is 36.2 Å². The van der Waals surface area contributed by atoms with Gasteiger partial charge in [-0.2, -0.15) is 0 Å². The van der Waals surface area contributed by atoms with Gasteiger partial charge in [0, 0.05) is 32.3 Å². The Morgan fingerprint density at radius 2 is 1.72 bits per heavy atom. The molecule has 0 aliphatic rings. The van der Waals surface area contributed by atoms with Crippen LogP contribution in [0, 0.1) is 0 Å². The largest absolute Gasteiger partial charge is 0.457 e. The number of benzene rings is 2. The Kier molecular flexibility index (Phi) is 10.7. The Bertz CT molecular complexity index is 636. The molecular formula is C19H26IN3O2. The van der Waals surface area contributed by atoms with Gasteiger partial charge in [0.15, 0.2) is 5.96 Å². The van der Waals surface area contributed by atoms with E-state index in [9.17, 15) is 0 Å². The number of nitrogens with zero attached hydrogens (tertiary/aromatic N) is 1. The minimum absolute atomic E-state index is 0. The van der Waals surface area contributed by atoms with E-state index in [4.69, 9.17) is 9.47 Å². The van der Waals surface area contributed by atoms with Gasteiger partial charge in [-0.3, -0.25) is 4.99 Å². The second kappa shape index (κ2) is 12.5. The van der Waals surface area contributed by atoms with Crippen LogP contribution in [0.1, 0.15) is 12.5 Å². The number of rotatable bonds is 8. The van der Waals surface area contributed by atoms with Crippen molar-refractivity contribution in [2.75, 3.05) is 26.8 Å². The first-order valence-electron chi connectivity index (χ1n) is 8.16. The van der Waals surface area contributed by atoms with Crippen molar-refractivity contribution in [2.45, 2.75) is 13.5 Å². The lowest BCUT2D eigenvalue weighted by atomic mass is 10.2. The van der Waals surface area contributed by atoms with Crippen molar-refractivity contribution in [1.29, 1.82) is 0 Å². The molecule has 0 saturated heterocycles. The Labute approximate surface area is 166 Å². The van der Waals surface area contributed by atoms with E-state index < -0.39 is 0 Å². The molecule has 0 unspecified atom stereocenters. The van der Waals surface area contributed by atoms with Crippen molar-refractivity contribution in [3.05, 3.63) is 60.2 Å². The summed E-state index contributed by atoms with van der Waals surface area (Å²) in [5, 5.41) is 6.51. The summed E-state index contributed by atoms with van der Waals surface area (Å²) in [4.78, 5) is 4.21. The number of hydrogen-bond acceptors (Lipinski definition) is 3. The molecule has 5 nitrogen and oxygen atoms in total. The van der Waals surface area contributed by atoms with Crippen LogP contribution in [0.25, 0.3) is 0 Å². The van der Waals surface area contributed by atoms with Crippen LogP contribution in [0.4, 0.5) is 0 Å². The topological polar surface area (TPSA) is 54.9 Å². The monoisotopic (exact) mass is 455 g/mol. The molecule has 0 amide bonds. The molecule has 0 bridgehead atoms. The summed E-state index contributed by atoms with van der Waals surface area (Å²) >= 11 is 0. The molecule has 0 aromatic heterocycles. The van der Waals surface area contributed by atoms with E-state index in [1.807, 2.05) is 61.5 Å². The maximum absolute atomic E-state index is 5.97. The number of halogens is 1. The van der Waals surface area contributed by atoms with Gasteiger partial charge in [-0.05, 0) is 25.1 Å². The number of aliphatic imine (C=N–C) groups is 1. The summed E-state index contributed by atoms with van der Waals surface area (Å²) in [5.41, 5.74) is 1.06. The molecule has 2 aromatic rings. The molecule has 6 heteroatoms. The average Bonchev–Trinajstić information content (AvgIpc) is 2.63. The van der Waals surface area contributed by atoms with E-state index >= 15 is 0 Å². The summed E-state index contributed by atoms with van der Waals surface area (Å²) < 4.78 is 11.3. The maximum atomic E-state index is 5.97. The van der Waals surface area contributed by atoms with Crippen LogP contribution >= 0.6 is 24.0 Å². The highest BCUT2D eigenvalue weighted by molar-refractivity contribution is 14.0. The molecule has 0 spiro atoms. The number of guanidine groups is 1. The molecule has 0 aliphatic heterocycles. The highest BCUT2D eigenvalue weighted by Gasteiger charge is 2.05. The summed E-state index contributed by atoms with van der Waals surface area (Å²) in [5.74, 6) is 2.40. The lowest BCUT2D eigenvalue weighted by Gasteiger charge is -2.14. The maximum Gasteiger partial charge on any atom is 0.191 e. The molecule has 0 radical (unpaired) electrons. The van der Waals surface area contributed by atoms with Crippen LogP contribution in [-0.4, -0.2) is 32.8 Å². The van der Waals surface area contributed by atoms with Gasteiger partial charge in [0.1, 0.15) is 11.5 Å². The zero-order chi connectivity index (χ0) is 17.0. The van der Waals surface area contributed by atoms with E-state index in [1.165, 1.54) is 0 Å². The minimum atomic E-state index is 0. The number of hydrogen-bond donors (Lipinski definition) is 2. The first-order chi connectivity index (χ1) is 11.8. The minimum Gasteiger partial charge on any atom is -0.457 e. The molecule has 25 heavy (non-hydrogen) atoms. The van der Waals surface area contributed by atoms with Gasteiger partial charge in [0.25, 0.3) is 0 Å². The third-order valence-electron chi connectivity index (χ3n) is 3.36. The van der Waals surface area contributed by atoms with Crippen LogP contribution in [0.5, 0.6) is 11.5 Å². The Morgan fingerprint density at radius 1 is 1.00 bits per heavy atom. The molecule has 136 valence electrons. The zero-order valence-electron chi connectivity index (χ0n) is 14.7. The fourth-order valence-corrected chi connectivity index (χ4v) is 2.15. The smallest absolute Gasteiger partial charge is 0.191 e. The quantitative estimate of drug-likeness (QED) is 0.275. The van der Waals surface area contributed by atoms with Gasteiger partial charge < -0.3 is 20.1 Å². The third-order valence-corrected chi connectivity index (χ3v) is 3.36. The van der Waals surface area contributed by atoms with Crippen molar-refractivity contribution in [3.63, 3.8) is 0 Å². The van der Waals surface area contributed by atoms with Crippen molar-refractivity contribution in [1.82, 2.24) is 10.6 Å². The molecule has 0 atom stereocenters. The van der Waals surface area contributed by atoms with Crippen LogP contribution < -0.4 is 15.4 Å². The van der Waals surface area contributed by atoms with Crippen LogP contribution in [0.3, 0.4) is 0 Å². The highest BCUT2D eigenvalue weighted by atomic mass is 127. The highest BCUT2D eigenvalue weighted by Crippen LogP contribution is 2.24. The lowest BCUT2D eigenvalue weighted by molar-refractivity contribution is 0.152. The van der Waals surface area contributed by atoms with Gasteiger partial charge >= 0.3 is 0 Å². The van der Waals surface area contributed by atoms with Crippen LogP contribution in [0.2, 0.25) is 0 Å². The van der Waals surface area contributed by atoms with E-state index in [2.05, 4.69) is 15.6 Å². The molecule has 0 aliphatic carbocycles. The Balaban J connectivity index is 0.00000312. The standard InChI is InChI=1S/C19H25N3O2.HI/c1-3-23-14-13-21-19(20-2)22-15-16-9-7-8-12-18(16)24-17-10-5-4-6-11-17;/h4-12H,3,13-15H2,1-2H3,(H2,20,21,22);1H. The molecule has 2 N–H and O–H groups in total. The summed E-state index contributed by atoms with van der Waals surface area (Å²) in [7, 11) is 1.75. The van der Waals surface area contributed by atoms with Crippen molar-refractivity contribution < 1.29 is 9.47 Å². The predicted molar refractivity (Wildman–Crippen MR) is 113 cm³/mol. The first kappa shape index (κ1) is 21.2. The normalized spacial score (nSPS) is 10.7. The van der Waals surface area contributed by atoms with Crippen molar-refractivity contribution in [3.8, 4) is 11.5 Å². The van der Waals surface area contributed by atoms with Crippen LogP contribution in [0.15, 0.2) is 59.6 Å². The number of para-hydroxylation sites is 2. The first-order valence-corrected chi connectivity index (χ1v) is 8.16. The van der Waals surface area contributed by atoms with Gasteiger partial charge in [0.05, 0.1) is 6.61 Å². The fourth-order valence-electron chi connectivity index (χ4n) is 2.15. The Hall–Kier alpha value is -1.80. The zero-order valence-corrected chi connectivity index (χ0v) is 17.0. The SMILES string of the molecule is CCOCCNC(=NC)NCc1ccccc1Oc1ccccc1.I. The summed E-state index contributed by atoms with van der Waals surface area (Å²) in [6.45, 7) is 4.70. The van der Waals surface area contributed by atoms with Crippen molar-refractivity contribution >= 4 is 29.9 Å². The van der Waals surface area contributed by atoms with E-state index in [-0.39, 0.29) is 24.0 Å². The van der Waals surface area contributed by atoms with E-state index in [0.29, 0.717) is 13.2 Å². The molecule has 0 saturated carbocycles. The lowest BCUT2D eigenvalue weighted by Crippen LogP contribution is -2.38. The summed E-state index contributed by atoms with van der Waals surface area (Å²) in [6.07, 6.45) is 0. The van der Waals surface area contributed by atoms with Gasteiger partial charge in [-0.1, -0.05) is 36.4 Å². The molecule has 0 fully saturated rings. The second-order valence-corrected chi connectivity index (χ2v) is 5.07. The summed E-state index contributed by atoms with van der Waals surface area (Å²) in [6, 6.07) is 17.8.